The van der Waals surface area contributed by atoms with Crippen LogP contribution in [0.1, 0.15) is 31.9 Å². The number of rotatable bonds is 9. The zero-order valence-electron chi connectivity index (χ0n) is 12.4. The van der Waals surface area contributed by atoms with Gasteiger partial charge in [-0.05, 0) is 37.9 Å². The molecule has 0 amide bonds. The molecule has 0 radical (unpaired) electrons. The quantitative estimate of drug-likeness (QED) is 0.711. The number of methoxy groups -OCH3 is 1. The van der Waals surface area contributed by atoms with Crippen LogP contribution < -0.4 is 10.2 Å². The Balaban J connectivity index is 2.07. The number of anilines is 1. The summed E-state index contributed by atoms with van der Waals surface area (Å²) in [7, 11) is 1.74. The van der Waals surface area contributed by atoms with E-state index in [1.54, 1.807) is 7.11 Å². The standard InChI is InChI=1S/C15H24ClN3O/c1-3-8-17-11-14-13(16)6-7-15(18-14)19(9-10-20-2)12-4-5-12/h6-7,12,17H,3-5,8-11H2,1-2H3. The maximum Gasteiger partial charge on any atom is 0.129 e. The highest BCUT2D eigenvalue weighted by atomic mass is 35.5. The first-order valence-corrected chi connectivity index (χ1v) is 7.75. The van der Waals surface area contributed by atoms with Crippen LogP contribution in [0.5, 0.6) is 0 Å². The fourth-order valence-electron chi connectivity index (χ4n) is 2.20. The first kappa shape index (κ1) is 15.5. The summed E-state index contributed by atoms with van der Waals surface area (Å²) >= 11 is 6.23. The van der Waals surface area contributed by atoms with Crippen molar-refractivity contribution in [3.05, 3.63) is 22.8 Å². The second-order valence-corrected chi connectivity index (χ2v) is 5.60. The van der Waals surface area contributed by atoms with Crippen molar-refractivity contribution in [1.29, 1.82) is 0 Å². The molecule has 2 rings (SSSR count). The first-order chi connectivity index (χ1) is 9.76. The lowest BCUT2D eigenvalue weighted by Gasteiger charge is -2.24. The SMILES string of the molecule is CCCNCc1nc(N(CCOC)C2CC2)ccc1Cl. The van der Waals surface area contributed by atoms with Crippen molar-refractivity contribution < 1.29 is 4.74 Å². The molecule has 20 heavy (non-hydrogen) atoms. The normalized spacial score (nSPS) is 14.6. The summed E-state index contributed by atoms with van der Waals surface area (Å²) < 4.78 is 5.20. The molecule has 0 saturated heterocycles. The van der Waals surface area contributed by atoms with Gasteiger partial charge < -0.3 is 15.0 Å². The molecule has 0 atom stereocenters. The van der Waals surface area contributed by atoms with Crippen LogP contribution >= 0.6 is 11.6 Å². The number of nitrogens with zero attached hydrogens (tertiary/aromatic N) is 2. The van der Waals surface area contributed by atoms with Crippen molar-refractivity contribution in [2.45, 2.75) is 38.8 Å². The van der Waals surface area contributed by atoms with Crippen molar-refractivity contribution in [3.8, 4) is 0 Å². The Morgan fingerprint density at radius 1 is 1.45 bits per heavy atom. The Hall–Kier alpha value is -0.840. The van der Waals surface area contributed by atoms with E-state index in [1.807, 2.05) is 12.1 Å². The fourth-order valence-corrected chi connectivity index (χ4v) is 2.37. The summed E-state index contributed by atoms with van der Waals surface area (Å²) in [4.78, 5) is 7.07. The molecule has 5 heteroatoms. The van der Waals surface area contributed by atoms with Crippen LogP contribution in [0.2, 0.25) is 5.02 Å². The van der Waals surface area contributed by atoms with Crippen molar-refractivity contribution in [2.75, 3.05) is 31.7 Å². The zero-order chi connectivity index (χ0) is 14.4. The molecule has 1 aliphatic rings. The molecule has 0 unspecified atom stereocenters. The Morgan fingerprint density at radius 3 is 2.90 bits per heavy atom. The summed E-state index contributed by atoms with van der Waals surface area (Å²) in [5.74, 6) is 1.02. The maximum atomic E-state index is 6.23. The monoisotopic (exact) mass is 297 g/mol. The third kappa shape index (κ3) is 4.33. The van der Waals surface area contributed by atoms with Gasteiger partial charge in [0.1, 0.15) is 5.82 Å². The molecule has 0 aromatic carbocycles. The molecular formula is C15H24ClN3O. The minimum Gasteiger partial charge on any atom is -0.383 e. The molecule has 0 bridgehead atoms. The number of nitrogens with one attached hydrogen (secondary N) is 1. The molecular weight excluding hydrogens is 274 g/mol. The van der Waals surface area contributed by atoms with Gasteiger partial charge in [-0.15, -0.1) is 0 Å². The van der Waals surface area contributed by atoms with Crippen LogP contribution in [-0.2, 0) is 11.3 Å². The molecule has 1 aliphatic carbocycles. The minimum atomic E-state index is 0.621. The Morgan fingerprint density at radius 2 is 2.25 bits per heavy atom. The highest BCUT2D eigenvalue weighted by molar-refractivity contribution is 6.31. The minimum absolute atomic E-state index is 0.621. The topological polar surface area (TPSA) is 37.4 Å². The number of halogens is 1. The summed E-state index contributed by atoms with van der Waals surface area (Å²) in [5, 5.41) is 4.09. The summed E-state index contributed by atoms with van der Waals surface area (Å²) in [5.41, 5.74) is 0.931. The van der Waals surface area contributed by atoms with E-state index in [0.717, 1.165) is 49.2 Å². The molecule has 1 aromatic heterocycles. The van der Waals surface area contributed by atoms with E-state index < -0.39 is 0 Å². The van der Waals surface area contributed by atoms with Gasteiger partial charge in [0.05, 0.1) is 17.3 Å². The van der Waals surface area contributed by atoms with Crippen LogP contribution in [0.4, 0.5) is 5.82 Å². The number of pyridine rings is 1. The molecule has 1 N–H and O–H groups in total. The summed E-state index contributed by atoms with van der Waals surface area (Å²) in [6, 6.07) is 4.59. The molecule has 4 nitrogen and oxygen atoms in total. The van der Waals surface area contributed by atoms with Crippen molar-refractivity contribution in [2.24, 2.45) is 0 Å². The number of hydrogen-bond acceptors (Lipinski definition) is 4. The zero-order valence-corrected chi connectivity index (χ0v) is 13.1. The van der Waals surface area contributed by atoms with Gasteiger partial charge in [0, 0.05) is 26.2 Å². The molecule has 0 aliphatic heterocycles. The molecule has 1 aromatic rings. The third-order valence-corrected chi connectivity index (χ3v) is 3.79. The Kier molecular flexibility index (Phi) is 6.07. The van der Waals surface area contributed by atoms with Gasteiger partial charge >= 0.3 is 0 Å². The largest absolute Gasteiger partial charge is 0.383 e. The molecule has 0 spiro atoms. The van der Waals surface area contributed by atoms with Gasteiger partial charge in [0.15, 0.2) is 0 Å². The van der Waals surface area contributed by atoms with E-state index >= 15 is 0 Å². The van der Waals surface area contributed by atoms with Gasteiger partial charge in [-0.25, -0.2) is 4.98 Å². The predicted molar refractivity (Wildman–Crippen MR) is 83.5 cm³/mol. The van der Waals surface area contributed by atoms with Crippen LogP contribution in [0.25, 0.3) is 0 Å². The van der Waals surface area contributed by atoms with Gasteiger partial charge in [0.25, 0.3) is 0 Å². The van der Waals surface area contributed by atoms with Crippen LogP contribution in [0.15, 0.2) is 12.1 Å². The Labute approximate surface area is 126 Å². The van der Waals surface area contributed by atoms with E-state index in [4.69, 9.17) is 21.3 Å². The van der Waals surface area contributed by atoms with Gasteiger partial charge in [-0.1, -0.05) is 18.5 Å². The van der Waals surface area contributed by atoms with E-state index in [2.05, 4.69) is 17.1 Å². The summed E-state index contributed by atoms with van der Waals surface area (Å²) in [6.45, 7) is 5.47. The van der Waals surface area contributed by atoms with E-state index in [1.165, 1.54) is 12.8 Å². The van der Waals surface area contributed by atoms with E-state index in [-0.39, 0.29) is 0 Å². The average Bonchev–Trinajstić information content (AvgIpc) is 3.27. The highest BCUT2D eigenvalue weighted by Gasteiger charge is 2.29. The molecule has 1 fully saturated rings. The van der Waals surface area contributed by atoms with Crippen LogP contribution in [-0.4, -0.2) is 37.8 Å². The van der Waals surface area contributed by atoms with Gasteiger partial charge in [-0.2, -0.15) is 0 Å². The third-order valence-electron chi connectivity index (χ3n) is 3.44. The first-order valence-electron chi connectivity index (χ1n) is 7.38. The number of aromatic nitrogens is 1. The molecule has 1 heterocycles. The lowest BCUT2D eigenvalue weighted by atomic mass is 10.3. The van der Waals surface area contributed by atoms with Crippen molar-refractivity contribution >= 4 is 17.4 Å². The van der Waals surface area contributed by atoms with Crippen molar-refractivity contribution in [1.82, 2.24) is 10.3 Å². The number of ether oxygens (including phenoxy) is 1. The maximum absolute atomic E-state index is 6.23. The van der Waals surface area contributed by atoms with Gasteiger partial charge in [0.2, 0.25) is 0 Å². The Bertz CT molecular complexity index is 424. The van der Waals surface area contributed by atoms with Crippen LogP contribution in [0, 0.1) is 0 Å². The fraction of sp³-hybridized carbons (Fsp3) is 0.667. The predicted octanol–water partition coefficient (Wildman–Crippen LogP) is 2.85. The average molecular weight is 298 g/mol. The van der Waals surface area contributed by atoms with E-state index in [9.17, 15) is 0 Å². The van der Waals surface area contributed by atoms with Crippen molar-refractivity contribution in [3.63, 3.8) is 0 Å². The smallest absolute Gasteiger partial charge is 0.129 e. The van der Waals surface area contributed by atoms with Crippen LogP contribution in [0.3, 0.4) is 0 Å². The summed E-state index contributed by atoms with van der Waals surface area (Å²) in [6.07, 6.45) is 3.61. The molecule has 1 saturated carbocycles. The molecule has 112 valence electrons. The highest BCUT2D eigenvalue weighted by Crippen LogP contribution is 2.31. The lowest BCUT2D eigenvalue weighted by Crippen LogP contribution is -2.30. The lowest BCUT2D eigenvalue weighted by molar-refractivity contribution is 0.204. The van der Waals surface area contributed by atoms with Gasteiger partial charge in [-0.3, -0.25) is 0 Å². The van der Waals surface area contributed by atoms with E-state index in [0.29, 0.717) is 6.04 Å². The second kappa shape index (κ2) is 7.81. The number of hydrogen-bond donors (Lipinski definition) is 1. The second-order valence-electron chi connectivity index (χ2n) is 5.19.